The quantitative estimate of drug-likeness (QED) is 0.496. The molecule has 2 N–H and O–H groups in total. The second-order valence-corrected chi connectivity index (χ2v) is 3.23. The minimum absolute atomic E-state index is 0.116. The maximum absolute atomic E-state index is 10.4. The molecule has 14 heavy (non-hydrogen) atoms. The van der Waals surface area contributed by atoms with Crippen LogP contribution in [0.25, 0.3) is 0 Å². The number of hydrogen-bond donors (Lipinski definition) is 1. The molecule has 0 unspecified atom stereocenters. The van der Waals surface area contributed by atoms with Crippen LogP contribution in [0.5, 0.6) is 0 Å². The molecule has 1 aromatic carbocycles. The fraction of sp³-hybridized carbons (Fsp3) is 0. The number of nitro groups is 2. The molecular weight excluding hydrogens is 258 g/mol. The van der Waals surface area contributed by atoms with E-state index >= 15 is 0 Å². The summed E-state index contributed by atoms with van der Waals surface area (Å²) in [5.74, 6) is 0. The van der Waals surface area contributed by atoms with Gasteiger partial charge in [-0.05, 0) is 22.0 Å². The predicted octanol–water partition coefficient (Wildman–Crippen LogP) is 1.85. The first-order valence-corrected chi connectivity index (χ1v) is 4.10. The van der Waals surface area contributed by atoms with Crippen molar-refractivity contribution in [2.24, 2.45) is 0 Å². The van der Waals surface area contributed by atoms with Crippen molar-refractivity contribution in [3.05, 3.63) is 36.8 Å². The average Bonchev–Trinajstić information content (AvgIpc) is 2.02. The molecule has 7 nitrogen and oxygen atoms in total. The van der Waals surface area contributed by atoms with E-state index in [-0.39, 0.29) is 15.8 Å². The van der Waals surface area contributed by atoms with Crippen LogP contribution in [0.3, 0.4) is 0 Å². The molecule has 0 saturated heterocycles. The maximum atomic E-state index is 10.4. The third-order valence-electron chi connectivity index (χ3n) is 1.49. The Bertz CT molecular complexity index is 385. The molecule has 1 rings (SSSR count). The number of hydrogen-bond acceptors (Lipinski definition) is 5. The first-order chi connectivity index (χ1) is 6.43. The molecule has 0 amide bonds. The highest BCUT2D eigenvalue weighted by atomic mass is 79.9. The van der Waals surface area contributed by atoms with Gasteiger partial charge in [-0.15, -0.1) is 0 Å². The largest absolute Gasteiger partial charge is 0.393 e. The molecule has 0 heterocycles. The second-order valence-electron chi connectivity index (χ2n) is 2.38. The van der Waals surface area contributed by atoms with Gasteiger partial charge in [0, 0.05) is 0 Å². The Kier molecular flexibility index (Phi) is 2.65. The number of nitrogen functional groups attached to an aromatic ring is 1. The van der Waals surface area contributed by atoms with Crippen molar-refractivity contribution in [1.82, 2.24) is 0 Å². The molecule has 0 aliphatic heterocycles. The van der Waals surface area contributed by atoms with Gasteiger partial charge in [-0.2, -0.15) is 0 Å². The van der Waals surface area contributed by atoms with Crippen LogP contribution in [0.4, 0.5) is 17.1 Å². The van der Waals surface area contributed by atoms with Gasteiger partial charge in [0.05, 0.1) is 20.4 Å². The van der Waals surface area contributed by atoms with Crippen molar-refractivity contribution >= 4 is 33.0 Å². The molecule has 0 radical (unpaired) electrons. The molecule has 0 atom stereocenters. The molecule has 0 aromatic heterocycles. The molecule has 0 spiro atoms. The molecular formula is C6H4BrN3O4. The summed E-state index contributed by atoms with van der Waals surface area (Å²) in [6.45, 7) is 0. The van der Waals surface area contributed by atoms with Gasteiger partial charge in [-0.1, -0.05) is 0 Å². The fourth-order valence-electron chi connectivity index (χ4n) is 0.864. The maximum Gasteiger partial charge on any atom is 0.299 e. The molecule has 0 bridgehead atoms. The smallest absolute Gasteiger partial charge is 0.299 e. The van der Waals surface area contributed by atoms with E-state index in [2.05, 4.69) is 15.9 Å². The molecule has 1 aromatic rings. The molecule has 0 fully saturated rings. The Hall–Kier alpha value is -1.70. The third kappa shape index (κ3) is 1.79. The summed E-state index contributed by atoms with van der Waals surface area (Å²) in [4.78, 5) is 19.3. The number of halogens is 1. The lowest BCUT2D eigenvalue weighted by atomic mass is 10.2. The highest BCUT2D eigenvalue weighted by Gasteiger charge is 2.21. The van der Waals surface area contributed by atoms with E-state index in [4.69, 9.17) is 5.73 Å². The lowest BCUT2D eigenvalue weighted by Crippen LogP contribution is -1.98. The summed E-state index contributed by atoms with van der Waals surface area (Å²) in [6, 6.07) is 1.95. The van der Waals surface area contributed by atoms with E-state index in [1.165, 1.54) is 0 Å². The number of nitro benzene ring substituents is 2. The minimum Gasteiger partial charge on any atom is -0.393 e. The van der Waals surface area contributed by atoms with Gasteiger partial charge in [0.2, 0.25) is 0 Å². The molecule has 0 aliphatic carbocycles. The lowest BCUT2D eigenvalue weighted by molar-refractivity contribution is -0.394. The summed E-state index contributed by atoms with van der Waals surface area (Å²) >= 11 is 2.89. The average molecular weight is 262 g/mol. The Labute approximate surface area is 85.9 Å². The van der Waals surface area contributed by atoms with E-state index in [0.29, 0.717) is 0 Å². The van der Waals surface area contributed by atoms with Gasteiger partial charge in [0.15, 0.2) is 0 Å². The summed E-state index contributed by atoms with van der Waals surface area (Å²) < 4.78 is 0.116. The highest BCUT2D eigenvalue weighted by molar-refractivity contribution is 9.10. The first kappa shape index (κ1) is 10.4. The molecule has 8 heteroatoms. The normalized spacial score (nSPS) is 9.79. The Morgan fingerprint density at radius 1 is 1.14 bits per heavy atom. The van der Waals surface area contributed by atoms with Gasteiger partial charge < -0.3 is 5.73 Å². The van der Waals surface area contributed by atoms with E-state index in [9.17, 15) is 20.2 Å². The zero-order chi connectivity index (χ0) is 10.9. The Morgan fingerprint density at radius 3 is 2.07 bits per heavy atom. The van der Waals surface area contributed by atoms with E-state index in [1.807, 2.05) is 0 Å². The zero-order valence-electron chi connectivity index (χ0n) is 6.64. The Balaban J connectivity index is 3.42. The Morgan fingerprint density at radius 2 is 1.64 bits per heavy atom. The summed E-state index contributed by atoms with van der Waals surface area (Å²) in [5, 5.41) is 20.8. The van der Waals surface area contributed by atoms with Gasteiger partial charge in [-0.3, -0.25) is 20.2 Å². The van der Waals surface area contributed by atoms with Crippen LogP contribution < -0.4 is 5.73 Å². The SMILES string of the molecule is Nc1cc(Br)c([N+](=O)[O-])cc1[N+](=O)[O-]. The summed E-state index contributed by atoms with van der Waals surface area (Å²) in [6.07, 6.45) is 0. The molecule has 74 valence electrons. The summed E-state index contributed by atoms with van der Waals surface area (Å²) in [7, 11) is 0. The van der Waals surface area contributed by atoms with E-state index < -0.39 is 15.5 Å². The van der Waals surface area contributed by atoms with Crippen LogP contribution in [-0.4, -0.2) is 9.85 Å². The van der Waals surface area contributed by atoms with Crippen LogP contribution in [-0.2, 0) is 0 Å². The fourth-order valence-corrected chi connectivity index (χ4v) is 1.37. The van der Waals surface area contributed by atoms with Crippen molar-refractivity contribution in [3.8, 4) is 0 Å². The number of nitrogens with two attached hydrogens (primary N) is 1. The van der Waals surface area contributed by atoms with Gasteiger partial charge in [0.1, 0.15) is 5.69 Å². The van der Waals surface area contributed by atoms with Crippen LogP contribution >= 0.6 is 15.9 Å². The highest BCUT2D eigenvalue weighted by Crippen LogP contribution is 2.33. The second kappa shape index (κ2) is 3.58. The van der Waals surface area contributed by atoms with Crippen molar-refractivity contribution < 1.29 is 9.85 Å². The van der Waals surface area contributed by atoms with Crippen LogP contribution in [0.2, 0.25) is 0 Å². The topological polar surface area (TPSA) is 112 Å². The van der Waals surface area contributed by atoms with Crippen molar-refractivity contribution in [3.63, 3.8) is 0 Å². The van der Waals surface area contributed by atoms with Crippen LogP contribution in [0.15, 0.2) is 16.6 Å². The van der Waals surface area contributed by atoms with Gasteiger partial charge in [0.25, 0.3) is 11.4 Å². The van der Waals surface area contributed by atoms with Crippen molar-refractivity contribution in [2.45, 2.75) is 0 Å². The number of nitrogens with zero attached hydrogens (tertiary/aromatic N) is 2. The predicted molar refractivity (Wildman–Crippen MR) is 51.9 cm³/mol. The number of benzene rings is 1. The van der Waals surface area contributed by atoms with Crippen LogP contribution in [0, 0.1) is 20.2 Å². The summed E-state index contributed by atoms with van der Waals surface area (Å²) in [5.41, 5.74) is 4.32. The molecule has 0 aliphatic rings. The monoisotopic (exact) mass is 261 g/mol. The lowest BCUT2D eigenvalue weighted by Gasteiger charge is -1.98. The minimum atomic E-state index is -0.769. The van der Waals surface area contributed by atoms with Crippen molar-refractivity contribution in [1.29, 1.82) is 0 Å². The number of anilines is 1. The zero-order valence-corrected chi connectivity index (χ0v) is 8.22. The van der Waals surface area contributed by atoms with E-state index in [1.54, 1.807) is 0 Å². The standard InChI is InChI=1S/C6H4BrN3O4/c7-3-1-4(8)6(10(13)14)2-5(3)9(11)12/h1-2H,8H2. The van der Waals surface area contributed by atoms with Crippen molar-refractivity contribution in [2.75, 3.05) is 5.73 Å². The van der Waals surface area contributed by atoms with Gasteiger partial charge in [-0.25, -0.2) is 0 Å². The van der Waals surface area contributed by atoms with E-state index in [0.717, 1.165) is 12.1 Å². The van der Waals surface area contributed by atoms with Gasteiger partial charge >= 0.3 is 0 Å². The van der Waals surface area contributed by atoms with Crippen LogP contribution in [0.1, 0.15) is 0 Å². The number of rotatable bonds is 2. The third-order valence-corrected chi connectivity index (χ3v) is 2.12. The molecule has 0 saturated carbocycles. The first-order valence-electron chi connectivity index (χ1n) is 3.31.